The Bertz CT molecular complexity index is 1170. The number of aromatic hydroxyl groups is 1. The van der Waals surface area contributed by atoms with Crippen LogP contribution in [-0.4, -0.2) is 38.8 Å². The third-order valence-corrected chi connectivity index (χ3v) is 7.13. The summed E-state index contributed by atoms with van der Waals surface area (Å²) >= 11 is 2.85. The van der Waals surface area contributed by atoms with Crippen molar-refractivity contribution in [2.45, 2.75) is 59.9 Å². The number of hydrogen-bond donors (Lipinski definition) is 3. The first-order valence-corrected chi connectivity index (χ1v) is 12.8. The minimum absolute atomic E-state index is 0.0263. The number of aromatic nitrogens is 2. The van der Waals surface area contributed by atoms with Gasteiger partial charge in [0.15, 0.2) is 17.4 Å². The zero-order chi connectivity index (χ0) is 25.4. The fourth-order valence-corrected chi connectivity index (χ4v) is 5.36. The van der Waals surface area contributed by atoms with Gasteiger partial charge in [-0.2, -0.15) is 8.75 Å². The van der Waals surface area contributed by atoms with Crippen molar-refractivity contribution in [2.24, 2.45) is 5.41 Å². The Morgan fingerprint density at radius 2 is 1.68 bits per heavy atom. The molecule has 7 nitrogen and oxygen atoms in total. The summed E-state index contributed by atoms with van der Waals surface area (Å²) in [6.45, 7) is 14.7. The summed E-state index contributed by atoms with van der Waals surface area (Å²) < 4.78 is 8.90. The first-order chi connectivity index (χ1) is 15.7. The van der Waals surface area contributed by atoms with Gasteiger partial charge in [-0.05, 0) is 41.5 Å². The third kappa shape index (κ3) is 5.52. The lowest BCUT2D eigenvalue weighted by Crippen LogP contribution is -2.26. The van der Waals surface area contributed by atoms with Crippen LogP contribution in [0, 0.1) is 12.3 Å². The summed E-state index contributed by atoms with van der Waals surface area (Å²) in [4.78, 5) is 16.9. The van der Waals surface area contributed by atoms with Crippen molar-refractivity contribution in [3.8, 4) is 5.75 Å². The molecule has 0 bridgehead atoms. The zero-order valence-corrected chi connectivity index (χ0v) is 23.0. The van der Waals surface area contributed by atoms with Gasteiger partial charge in [-0.1, -0.05) is 47.6 Å². The number of carbonyl (C=O) groups excluding carboxylic acids is 1. The summed E-state index contributed by atoms with van der Waals surface area (Å²) in [5, 5.41) is 17.9. The molecule has 1 aromatic carbocycles. The Labute approximate surface area is 210 Å². The molecule has 3 N–H and O–H groups in total. The topological polar surface area (TPSA) is 90.4 Å². The molecule has 1 amide bonds. The first kappa shape index (κ1) is 26.0. The number of thiophene rings is 1. The van der Waals surface area contributed by atoms with Gasteiger partial charge < -0.3 is 20.6 Å². The van der Waals surface area contributed by atoms with Crippen molar-refractivity contribution in [3.63, 3.8) is 0 Å². The standard InChI is InChI=1S/C25H35N5O2S2/c1-14-10-13-17(33-14)20(25(5,6)7)27-22-21(28-34-29-22)26-16-12-11-15(24(2,3)4)18(19(16)31)23(32)30(8)9/h10-13,20,31H,1-9H3,(H,26,28)(H,27,29)/t20-/m0/s1. The molecule has 2 heterocycles. The Hall–Kier alpha value is -2.65. The van der Waals surface area contributed by atoms with E-state index in [-0.39, 0.29) is 28.5 Å². The molecule has 0 unspecified atom stereocenters. The maximum Gasteiger partial charge on any atom is 0.257 e. The summed E-state index contributed by atoms with van der Waals surface area (Å²) in [6.07, 6.45) is 0. The molecule has 0 saturated carbocycles. The van der Waals surface area contributed by atoms with E-state index in [4.69, 9.17) is 0 Å². The molecule has 34 heavy (non-hydrogen) atoms. The lowest BCUT2D eigenvalue weighted by Gasteiger charge is -2.31. The van der Waals surface area contributed by atoms with Gasteiger partial charge in [0, 0.05) is 23.8 Å². The number of anilines is 3. The summed E-state index contributed by atoms with van der Waals surface area (Å²) in [5.74, 6) is 0.776. The minimum atomic E-state index is -0.315. The second kappa shape index (κ2) is 9.54. The van der Waals surface area contributed by atoms with Crippen molar-refractivity contribution in [2.75, 3.05) is 24.7 Å². The number of amides is 1. The van der Waals surface area contributed by atoms with Crippen LogP contribution < -0.4 is 10.6 Å². The second-order valence-corrected chi connectivity index (χ2v) is 12.7. The highest BCUT2D eigenvalue weighted by atomic mass is 32.1. The van der Waals surface area contributed by atoms with Crippen LogP contribution in [-0.2, 0) is 5.41 Å². The van der Waals surface area contributed by atoms with E-state index in [9.17, 15) is 9.90 Å². The van der Waals surface area contributed by atoms with E-state index in [0.717, 1.165) is 17.3 Å². The molecule has 0 radical (unpaired) electrons. The Balaban J connectivity index is 1.99. The predicted molar refractivity (Wildman–Crippen MR) is 143 cm³/mol. The van der Waals surface area contributed by atoms with Crippen molar-refractivity contribution in [3.05, 3.63) is 45.1 Å². The number of aryl methyl sites for hydroxylation is 1. The van der Waals surface area contributed by atoms with E-state index in [1.54, 1.807) is 31.5 Å². The Morgan fingerprint density at radius 3 is 2.21 bits per heavy atom. The van der Waals surface area contributed by atoms with E-state index >= 15 is 0 Å². The quantitative estimate of drug-likeness (QED) is 0.332. The average Bonchev–Trinajstić information content (AvgIpc) is 3.33. The number of phenolic OH excluding ortho intramolecular Hbond substituents is 1. The molecule has 1 atom stereocenters. The van der Waals surface area contributed by atoms with E-state index in [1.165, 1.54) is 14.7 Å². The lowest BCUT2D eigenvalue weighted by atomic mass is 9.82. The fraction of sp³-hybridized carbons (Fsp3) is 0.480. The highest BCUT2D eigenvalue weighted by molar-refractivity contribution is 7.12. The number of nitrogens with one attached hydrogen (secondary N) is 2. The van der Waals surface area contributed by atoms with Gasteiger partial charge in [0.1, 0.15) is 0 Å². The van der Waals surface area contributed by atoms with Crippen LogP contribution in [0.4, 0.5) is 17.3 Å². The minimum Gasteiger partial charge on any atom is -0.505 e. The van der Waals surface area contributed by atoms with E-state index in [0.29, 0.717) is 22.9 Å². The first-order valence-electron chi connectivity index (χ1n) is 11.2. The molecule has 3 rings (SSSR count). The molecule has 0 aliphatic rings. The molecular weight excluding hydrogens is 466 g/mol. The number of hydrogen-bond acceptors (Lipinski definition) is 8. The predicted octanol–water partition coefficient (Wildman–Crippen LogP) is 6.56. The maximum absolute atomic E-state index is 13.0. The molecule has 0 fully saturated rings. The number of benzene rings is 1. The van der Waals surface area contributed by atoms with Crippen molar-refractivity contribution in [1.29, 1.82) is 0 Å². The molecule has 3 aromatic rings. The number of rotatable bonds is 6. The maximum atomic E-state index is 13.0. The van der Waals surface area contributed by atoms with Crippen LogP contribution in [0.25, 0.3) is 0 Å². The van der Waals surface area contributed by atoms with Crippen molar-refractivity contribution >= 4 is 46.3 Å². The summed E-state index contributed by atoms with van der Waals surface area (Å²) in [7, 11) is 3.36. The average molecular weight is 502 g/mol. The smallest absolute Gasteiger partial charge is 0.257 e. The van der Waals surface area contributed by atoms with Gasteiger partial charge in [0.05, 0.1) is 29.0 Å². The molecule has 0 aliphatic carbocycles. The monoisotopic (exact) mass is 501 g/mol. The normalized spacial score (nSPS) is 13.0. The van der Waals surface area contributed by atoms with E-state index in [1.807, 2.05) is 26.8 Å². The highest BCUT2D eigenvalue weighted by Gasteiger charge is 2.30. The van der Waals surface area contributed by atoms with Gasteiger partial charge in [0.25, 0.3) is 5.91 Å². The van der Waals surface area contributed by atoms with Gasteiger partial charge in [-0.15, -0.1) is 11.3 Å². The molecular formula is C25H35N5O2S2. The van der Waals surface area contributed by atoms with E-state index in [2.05, 4.69) is 59.2 Å². The zero-order valence-electron chi connectivity index (χ0n) is 21.4. The molecule has 0 spiro atoms. The fourth-order valence-electron chi connectivity index (χ4n) is 3.71. The number of carbonyl (C=O) groups is 1. The Kier molecular flexibility index (Phi) is 7.28. The molecule has 184 valence electrons. The summed E-state index contributed by atoms with van der Waals surface area (Å²) in [5.41, 5.74) is 1.10. The van der Waals surface area contributed by atoms with Crippen LogP contribution >= 0.6 is 23.1 Å². The van der Waals surface area contributed by atoms with Crippen LogP contribution in [0.5, 0.6) is 5.75 Å². The van der Waals surface area contributed by atoms with Crippen LogP contribution in [0.2, 0.25) is 0 Å². The van der Waals surface area contributed by atoms with Crippen LogP contribution in [0.15, 0.2) is 24.3 Å². The van der Waals surface area contributed by atoms with E-state index < -0.39 is 0 Å². The van der Waals surface area contributed by atoms with Crippen molar-refractivity contribution in [1.82, 2.24) is 13.6 Å². The van der Waals surface area contributed by atoms with Gasteiger partial charge in [0.2, 0.25) is 0 Å². The van der Waals surface area contributed by atoms with Crippen LogP contribution in [0.3, 0.4) is 0 Å². The molecule has 2 aromatic heterocycles. The second-order valence-electron chi connectivity index (χ2n) is 10.8. The van der Waals surface area contributed by atoms with Gasteiger partial charge in [-0.3, -0.25) is 4.79 Å². The van der Waals surface area contributed by atoms with Gasteiger partial charge >= 0.3 is 0 Å². The summed E-state index contributed by atoms with van der Waals surface area (Å²) in [6, 6.07) is 7.97. The largest absolute Gasteiger partial charge is 0.505 e. The van der Waals surface area contributed by atoms with Crippen LogP contribution in [0.1, 0.15) is 73.3 Å². The lowest BCUT2D eigenvalue weighted by molar-refractivity contribution is 0.0822. The van der Waals surface area contributed by atoms with Crippen molar-refractivity contribution < 1.29 is 9.90 Å². The molecule has 0 aliphatic heterocycles. The SMILES string of the molecule is Cc1ccc([C@H](Nc2nsnc2Nc2ccc(C(C)(C)C)c(C(=O)N(C)C)c2O)C(C)(C)C)s1. The Morgan fingerprint density at radius 1 is 1.03 bits per heavy atom. The third-order valence-electron chi connectivity index (χ3n) is 5.54. The molecule has 0 saturated heterocycles. The number of nitrogens with zero attached hydrogens (tertiary/aromatic N) is 3. The molecule has 9 heteroatoms. The van der Waals surface area contributed by atoms with Gasteiger partial charge in [-0.25, -0.2) is 0 Å². The number of phenols is 1. The highest BCUT2D eigenvalue weighted by Crippen LogP contribution is 2.42.